The highest BCUT2D eigenvalue weighted by Gasteiger charge is 2.54. The third-order valence-electron chi connectivity index (χ3n) is 11.0. The highest BCUT2D eigenvalue weighted by atomic mass is 32.2. The van der Waals surface area contributed by atoms with Crippen LogP contribution in [0, 0.1) is 0 Å². The molecule has 0 spiro atoms. The molecular formula is C44H41N7O8S2. The molecule has 3 aromatic carbocycles. The van der Waals surface area contributed by atoms with E-state index < -0.39 is 40.9 Å². The number of fused-ring (bicyclic) bond motifs is 1. The van der Waals surface area contributed by atoms with Crippen LogP contribution in [0.2, 0.25) is 0 Å². The normalized spacial score (nSPS) is 21.0. The molecule has 5 heterocycles. The number of carbonyl (C=O) groups excluding carboxylic acids is 4. The number of carboxylic acid groups (broad SMARTS) is 1. The topological polar surface area (TPSA) is 197 Å². The Hall–Kier alpha value is -6.72. The highest BCUT2D eigenvalue weighted by Crippen LogP contribution is 2.43. The maximum atomic E-state index is 14.3. The number of amides is 4. The van der Waals surface area contributed by atoms with Crippen molar-refractivity contribution in [2.75, 3.05) is 37.7 Å². The summed E-state index contributed by atoms with van der Waals surface area (Å²) in [5.74, 6) is -2.85. The summed E-state index contributed by atoms with van der Waals surface area (Å²) in [6.07, 6.45) is 3.54. The predicted octanol–water partition coefficient (Wildman–Crippen LogP) is 4.73. The Morgan fingerprint density at radius 3 is 2.20 bits per heavy atom. The van der Waals surface area contributed by atoms with E-state index in [1.807, 2.05) is 91.0 Å². The van der Waals surface area contributed by atoms with E-state index in [1.165, 1.54) is 17.8 Å². The molecule has 8 rings (SSSR count). The van der Waals surface area contributed by atoms with Gasteiger partial charge in [0.15, 0.2) is 10.8 Å². The predicted molar refractivity (Wildman–Crippen MR) is 229 cm³/mol. The van der Waals surface area contributed by atoms with Gasteiger partial charge in [-0.15, -0.1) is 23.1 Å². The molecule has 61 heavy (non-hydrogen) atoms. The van der Waals surface area contributed by atoms with Crippen LogP contribution in [0.1, 0.15) is 35.2 Å². The number of nitrogen functional groups attached to an aromatic ring is 1. The summed E-state index contributed by atoms with van der Waals surface area (Å²) in [6.45, 7) is 4.83. The number of benzene rings is 3. The summed E-state index contributed by atoms with van der Waals surface area (Å²) >= 11 is 2.37. The van der Waals surface area contributed by atoms with E-state index in [2.05, 4.69) is 22.0 Å². The summed E-state index contributed by atoms with van der Waals surface area (Å²) in [6, 6.07) is 27.1. The van der Waals surface area contributed by atoms with Gasteiger partial charge in [-0.05, 0) is 24.5 Å². The Bertz CT molecular complexity index is 2360. The van der Waals surface area contributed by atoms with Gasteiger partial charge in [0.1, 0.15) is 29.4 Å². The summed E-state index contributed by atoms with van der Waals surface area (Å²) in [4.78, 5) is 82.2. The number of likely N-dealkylation sites (tertiary alicyclic amines) is 2. The van der Waals surface area contributed by atoms with Gasteiger partial charge in [0.2, 0.25) is 11.5 Å². The summed E-state index contributed by atoms with van der Waals surface area (Å²) in [5.41, 5.74) is 7.23. The zero-order valence-electron chi connectivity index (χ0n) is 32.7. The Balaban J connectivity index is 1.04. The van der Waals surface area contributed by atoms with Crippen molar-refractivity contribution < 1.29 is 38.7 Å². The van der Waals surface area contributed by atoms with Gasteiger partial charge >= 0.3 is 12.1 Å². The van der Waals surface area contributed by atoms with Gasteiger partial charge in [0, 0.05) is 53.0 Å². The van der Waals surface area contributed by atoms with Crippen molar-refractivity contribution in [3.63, 3.8) is 0 Å². The number of hydrogen-bond donors (Lipinski definition) is 3. The van der Waals surface area contributed by atoms with E-state index in [0.717, 1.165) is 32.9 Å². The first-order valence-electron chi connectivity index (χ1n) is 19.5. The fraction of sp³-hybridized carbons (Fsp3) is 0.250. The molecule has 17 heteroatoms. The van der Waals surface area contributed by atoms with Crippen LogP contribution < -0.4 is 11.1 Å². The number of oxime groups is 1. The molecule has 3 saturated heterocycles. The number of nitrogens with zero attached hydrogens (tertiary/aromatic N) is 5. The molecular weight excluding hydrogens is 819 g/mol. The molecule has 1 aromatic heterocycles. The van der Waals surface area contributed by atoms with Crippen LogP contribution in [0.5, 0.6) is 0 Å². The van der Waals surface area contributed by atoms with Crippen molar-refractivity contribution in [2.45, 2.75) is 35.9 Å². The van der Waals surface area contributed by atoms with Crippen LogP contribution in [0.3, 0.4) is 0 Å². The molecule has 3 atom stereocenters. The van der Waals surface area contributed by atoms with Crippen LogP contribution >= 0.6 is 23.1 Å². The lowest BCUT2D eigenvalue weighted by Crippen LogP contribution is -2.71. The molecule has 3 fully saturated rings. The average Bonchev–Trinajstić information content (AvgIpc) is 4.04. The second kappa shape index (κ2) is 17.5. The van der Waals surface area contributed by atoms with E-state index in [4.69, 9.17) is 15.3 Å². The minimum Gasteiger partial charge on any atom is -0.477 e. The van der Waals surface area contributed by atoms with Crippen molar-refractivity contribution in [1.29, 1.82) is 0 Å². The molecule has 4 N–H and O–H groups in total. The Labute approximate surface area is 359 Å². The van der Waals surface area contributed by atoms with E-state index in [1.54, 1.807) is 21.3 Å². The average molecular weight is 860 g/mol. The first-order chi connectivity index (χ1) is 29.6. The number of anilines is 1. The zero-order valence-corrected chi connectivity index (χ0v) is 34.3. The largest absolute Gasteiger partial charge is 0.477 e. The lowest BCUT2D eigenvalue weighted by Gasteiger charge is -2.49. The van der Waals surface area contributed by atoms with Gasteiger partial charge in [-0.2, -0.15) is 0 Å². The van der Waals surface area contributed by atoms with Gasteiger partial charge in [0.25, 0.3) is 11.8 Å². The number of aromatic nitrogens is 1. The standard InChI is InChI=1S/C44H41N7O8S2/c1-2-22-58-43(57)49-20-19-32(24-49)50-21-18-27(38(50)53)23-28-25-60-40-35(39(54)51(40)36(28)41(55)56)47-37(52)34(33-26-61-42(45)46-33)48-59-44(29-12-6-3-7-13-29,30-14-8-4-9-15-30)31-16-10-5-11-17-31/h2-17,23,26,32,35,40H,1,18-22,24-25H2,(H2,45,46)(H,47,52)(H,55,56)/b27-23+,48-34-/t32-,35-,40-/m1/s1. The Morgan fingerprint density at radius 1 is 0.984 bits per heavy atom. The summed E-state index contributed by atoms with van der Waals surface area (Å²) in [5, 5.41) is 18.7. The molecule has 15 nitrogen and oxygen atoms in total. The van der Waals surface area contributed by atoms with Gasteiger partial charge < -0.3 is 35.5 Å². The van der Waals surface area contributed by atoms with Gasteiger partial charge in [0.05, 0.1) is 6.04 Å². The van der Waals surface area contributed by atoms with Crippen LogP contribution in [-0.2, 0) is 34.4 Å². The molecule has 0 aliphatic carbocycles. The molecule has 0 unspecified atom stereocenters. The number of allylic oxidation sites excluding steroid dienone is 1. The maximum Gasteiger partial charge on any atom is 0.410 e. The molecule has 4 aromatic rings. The summed E-state index contributed by atoms with van der Waals surface area (Å²) in [7, 11) is 0. The van der Waals surface area contributed by atoms with E-state index in [-0.39, 0.29) is 46.5 Å². The maximum absolute atomic E-state index is 14.3. The summed E-state index contributed by atoms with van der Waals surface area (Å²) < 4.78 is 5.15. The third-order valence-corrected chi connectivity index (χ3v) is 13.0. The minimum atomic E-state index is -1.34. The second-order valence-corrected chi connectivity index (χ2v) is 16.6. The van der Waals surface area contributed by atoms with E-state index in [9.17, 15) is 29.1 Å². The Kier molecular flexibility index (Phi) is 11.8. The quantitative estimate of drug-likeness (QED) is 0.0420. The number of thioether (sulfide) groups is 1. The van der Waals surface area contributed by atoms with Crippen LogP contribution in [0.15, 0.2) is 137 Å². The van der Waals surface area contributed by atoms with Crippen LogP contribution in [-0.4, -0.2) is 110 Å². The second-order valence-electron chi connectivity index (χ2n) is 14.6. The lowest BCUT2D eigenvalue weighted by atomic mass is 9.80. The monoisotopic (exact) mass is 859 g/mol. The minimum absolute atomic E-state index is 0.0919. The Morgan fingerprint density at radius 2 is 1.62 bits per heavy atom. The van der Waals surface area contributed by atoms with E-state index >= 15 is 0 Å². The SMILES string of the molecule is C=CCOC(=O)N1CC[C@@H](N2CC/C(=C\C3=C(C(=O)O)N4C(=O)[C@@H](NC(=O)/C(=N\OC(c5ccccc5)(c5ccccc5)c5ccccc5)c5csc(N)n5)[C@H]4SC3)C2=O)C1. The smallest absolute Gasteiger partial charge is 0.410 e. The number of ether oxygens (including phenoxy) is 1. The molecule has 0 bridgehead atoms. The van der Waals surface area contributed by atoms with Crippen molar-refractivity contribution >= 4 is 63.7 Å². The van der Waals surface area contributed by atoms with Crippen molar-refractivity contribution in [2.24, 2.45) is 5.16 Å². The molecule has 0 saturated carbocycles. The number of β-lactam (4-membered cyclic amide) rings is 1. The molecule has 4 amide bonds. The number of thiazole rings is 1. The van der Waals surface area contributed by atoms with Crippen molar-refractivity contribution in [1.82, 2.24) is 25.0 Å². The fourth-order valence-electron chi connectivity index (χ4n) is 8.07. The van der Waals surface area contributed by atoms with Gasteiger partial charge in [-0.25, -0.2) is 14.6 Å². The third kappa shape index (κ3) is 7.89. The van der Waals surface area contributed by atoms with Crippen LogP contribution in [0.25, 0.3) is 0 Å². The molecule has 4 aliphatic heterocycles. The van der Waals surface area contributed by atoms with Crippen molar-refractivity contribution in [3.05, 3.63) is 154 Å². The number of aliphatic carboxylic acids is 1. The van der Waals surface area contributed by atoms with E-state index in [0.29, 0.717) is 43.6 Å². The zero-order chi connectivity index (χ0) is 42.7. The highest BCUT2D eigenvalue weighted by molar-refractivity contribution is 8.00. The molecule has 4 aliphatic rings. The first kappa shape index (κ1) is 41.0. The number of rotatable bonds is 13. The number of carboxylic acids is 1. The first-order valence-corrected chi connectivity index (χ1v) is 21.4. The number of nitrogens with two attached hydrogens (primary N) is 1. The van der Waals surface area contributed by atoms with Crippen LogP contribution in [0.4, 0.5) is 9.93 Å². The number of hydrogen-bond acceptors (Lipinski definition) is 12. The number of carbonyl (C=O) groups is 5. The molecule has 312 valence electrons. The van der Waals surface area contributed by atoms with Gasteiger partial charge in [-0.3, -0.25) is 19.3 Å². The number of nitrogens with one attached hydrogen (secondary N) is 1. The fourth-order valence-corrected chi connectivity index (χ4v) is 9.92. The van der Waals surface area contributed by atoms with Gasteiger partial charge in [-0.1, -0.05) is 109 Å². The van der Waals surface area contributed by atoms with Crippen molar-refractivity contribution in [3.8, 4) is 0 Å². The molecule has 0 radical (unpaired) electrons. The lowest BCUT2D eigenvalue weighted by molar-refractivity contribution is -0.150.